The van der Waals surface area contributed by atoms with Gasteiger partial charge in [-0.1, -0.05) is 40.0 Å². The molecule has 1 amide bonds. The van der Waals surface area contributed by atoms with Crippen molar-refractivity contribution in [1.82, 2.24) is 10.6 Å². The van der Waals surface area contributed by atoms with Gasteiger partial charge in [0.05, 0.1) is 6.54 Å². The molecule has 0 saturated heterocycles. The largest absolute Gasteiger partial charge is 0.352 e. The zero-order chi connectivity index (χ0) is 12.7. The Hall–Kier alpha value is -0.570. The lowest BCUT2D eigenvalue weighted by Gasteiger charge is -2.23. The summed E-state index contributed by atoms with van der Waals surface area (Å²) in [5.41, 5.74) is 0.340. The Morgan fingerprint density at radius 1 is 1.18 bits per heavy atom. The molecule has 2 N–H and O–H groups in total. The molecular weight excluding hydrogens is 212 g/mol. The van der Waals surface area contributed by atoms with Crippen molar-refractivity contribution in [2.24, 2.45) is 5.41 Å². The van der Waals surface area contributed by atoms with Crippen molar-refractivity contribution in [3.05, 3.63) is 0 Å². The molecule has 0 aromatic heterocycles. The van der Waals surface area contributed by atoms with E-state index in [2.05, 4.69) is 31.4 Å². The summed E-state index contributed by atoms with van der Waals surface area (Å²) < 4.78 is 0. The Labute approximate surface area is 106 Å². The van der Waals surface area contributed by atoms with Gasteiger partial charge in [0.25, 0.3) is 0 Å². The SMILES string of the molecule is CC(C)(C)CCNCC(=O)NC1CCCCC1. The second-order valence-electron chi connectivity index (χ2n) is 6.39. The lowest BCUT2D eigenvalue weighted by atomic mass is 9.92. The first-order valence-corrected chi connectivity index (χ1v) is 6.97. The van der Waals surface area contributed by atoms with Crippen LogP contribution in [0.1, 0.15) is 59.3 Å². The van der Waals surface area contributed by atoms with Crippen LogP contribution in [0.5, 0.6) is 0 Å². The van der Waals surface area contributed by atoms with Gasteiger partial charge in [0.2, 0.25) is 5.91 Å². The molecule has 1 saturated carbocycles. The molecule has 0 aromatic carbocycles. The highest BCUT2D eigenvalue weighted by Crippen LogP contribution is 2.17. The summed E-state index contributed by atoms with van der Waals surface area (Å²) in [6.07, 6.45) is 7.28. The summed E-state index contributed by atoms with van der Waals surface area (Å²) in [5, 5.41) is 6.33. The van der Waals surface area contributed by atoms with Gasteiger partial charge >= 0.3 is 0 Å². The number of hydrogen-bond acceptors (Lipinski definition) is 2. The molecule has 17 heavy (non-hydrogen) atoms. The molecule has 0 aliphatic heterocycles. The van der Waals surface area contributed by atoms with Crippen molar-refractivity contribution in [1.29, 1.82) is 0 Å². The van der Waals surface area contributed by atoms with Gasteiger partial charge in [-0.2, -0.15) is 0 Å². The van der Waals surface area contributed by atoms with E-state index in [1.807, 2.05) is 0 Å². The molecule has 0 radical (unpaired) electrons. The van der Waals surface area contributed by atoms with Gasteiger partial charge in [-0.05, 0) is 31.2 Å². The Kier molecular flexibility index (Phi) is 5.96. The highest BCUT2D eigenvalue weighted by Gasteiger charge is 2.15. The molecule has 3 nitrogen and oxygen atoms in total. The lowest BCUT2D eigenvalue weighted by Crippen LogP contribution is -2.41. The second-order valence-corrected chi connectivity index (χ2v) is 6.39. The minimum absolute atomic E-state index is 0.158. The summed E-state index contributed by atoms with van der Waals surface area (Å²) in [5.74, 6) is 0.158. The number of rotatable bonds is 5. The van der Waals surface area contributed by atoms with Crippen molar-refractivity contribution < 1.29 is 4.79 Å². The molecule has 3 heteroatoms. The zero-order valence-corrected chi connectivity index (χ0v) is 11.6. The summed E-state index contributed by atoms with van der Waals surface area (Å²) in [6, 6.07) is 0.431. The minimum Gasteiger partial charge on any atom is -0.352 e. The average molecular weight is 240 g/mol. The quantitative estimate of drug-likeness (QED) is 0.725. The van der Waals surface area contributed by atoms with Crippen molar-refractivity contribution >= 4 is 5.91 Å². The van der Waals surface area contributed by atoms with E-state index in [1.165, 1.54) is 19.3 Å². The third-order valence-electron chi connectivity index (χ3n) is 3.31. The fourth-order valence-electron chi connectivity index (χ4n) is 2.19. The van der Waals surface area contributed by atoms with Gasteiger partial charge in [0.1, 0.15) is 0 Å². The Bertz CT molecular complexity index is 227. The molecule has 0 spiro atoms. The Morgan fingerprint density at radius 2 is 1.82 bits per heavy atom. The number of carbonyl (C=O) groups excluding carboxylic acids is 1. The number of carbonyl (C=O) groups is 1. The van der Waals surface area contributed by atoms with Gasteiger partial charge < -0.3 is 10.6 Å². The van der Waals surface area contributed by atoms with Gasteiger partial charge in [0.15, 0.2) is 0 Å². The smallest absolute Gasteiger partial charge is 0.234 e. The van der Waals surface area contributed by atoms with Crippen molar-refractivity contribution in [2.45, 2.75) is 65.3 Å². The van der Waals surface area contributed by atoms with E-state index in [0.29, 0.717) is 18.0 Å². The maximum absolute atomic E-state index is 11.7. The summed E-state index contributed by atoms with van der Waals surface area (Å²) in [6.45, 7) is 8.04. The van der Waals surface area contributed by atoms with Crippen LogP contribution >= 0.6 is 0 Å². The standard InChI is InChI=1S/C14H28N2O/c1-14(2,3)9-10-15-11-13(17)16-12-7-5-4-6-8-12/h12,15H,4-11H2,1-3H3,(H,16,17). The molecule has 0 aromatic rings. The normalized spacial score (nSPS) is 18.1. The van der Waals surface area contributed by atoms with E-state index in [4.69, 9.17) is 0 Å². The number of hydrogen-bond donors (Lipinski definition) is 2. The van der Waals surface area contributed by atoms with Crippen molar-refractivity contribution in [2.75, 3.05) is 13.1 Å². The monoisotopic (exact) mass is 240 g/mol. The third kappa shape index (κ3) is 7.37. The molecule has 100 valence electrons. The van der Waals surface area contributed by atoms with E-state index >= 15 is 0 Å². The highest BCUT2D eigenvalue weighted by atomic mass is 16.1. The fraction of sp³-hybridized carbons (Fsp3) is 0.929. The zero-order valence-electron chi connectivity index (χ0n) is 11.6. The molecule has 0 bridgehead atoms. The predicted octanol–water partition coefficient (Wildman–Crippen LogP) is 2.46. The molecule has 0 heterocycles. The minimum atomic E-state index is 0.158. The number of amides is 1. The molecule has 1 aliphatic carbocycles. The molecular formula is C14H28N2O. The maximum atomic E-state index is 11.7. The van der Waals surface area contributed by atoms with E-state index in [1.54, 1.807) is 0 Å². The van der Waals surface area contributed by atoms with E-state index < -0.39 is 0 Å². The first kappa shape index (κ1) is 14.5. The van der Waals surface area contributed by atoms with E-state index in [9.17, 15) is 4.79 Å². The lowest BCUT2D eigenvalue weighted by molar-refractivity contribution is -0.121. The maximum Gasteiger partial charge on any atom is 0.234 e. The molecule has 0 atom stereocenters. The summed E-state index contributed by atoms with van der Waals surface area (Å²) >= 11 is 0. The van der Waals surface area contributed by atoms with E-state index in [0.717, 1.165) is 25.8 Å². The van der Waals surface area contributed by atoms with Crippen molar-refractivity contribution in [3.8, 4) is 0 Å². The molecule has 1 aliphatic rings. The van der Waals surface area contributed by atoms with Crippen LogP contribution in [-0.2, 0) is 4.79 Å². The Morgan fingerprint density at radius 3 is 2.41 bits per heavy atom. The van der Waals surface area contributed by atoms with Crippen LogP contribution in [0.4, 0.5) is 0 Å². The third-order valence-corrected chi connectivity index (χ3v) is 3.31. The van der Waals surface area contributed by atoms with Crippen LogP contribution in [0.25, 0.3) is 0 Å². The molecule has 0 unspecified atom stereocenters. The van der Waals surface area contributed by atoms with Gasteiger partial charge in [-0.25, -0.2) is 0 Å². The summed E-state index contributed by atoms with van der Waals surface area (Å²) in [7, 11) is 0. The average Bonchev–Trinajstić information content (AvgIpc) is 2.25. The molecule has 1 rings (SSSR count). The first-order chi connectivity index (χ1) is 7.97. The molecule has 1 fully saturated rings. The van der Waals surface area contributed by atoms with Gasteiger partial charge in [-0.15, -0.1) is 0 Å². The first-order valence-electron chi connectivity index (χ1n) is 6.97. The van der Waals surface area contributed by atoms with Gasteiger partial charge in [-0.3, -0.25) is 4.79 Å². The van der Waals surface area contributed by atoms with Crippen LogP contribution < -0.4 is 10.6 Å². The summed E-state index contributed by atoms with van der Waals surface area (Å²) in [4.78, 5) is 11.7. The van der Waals surface area contributed by atoms with Crippen LogP contribution in [0.3, 0.4) is 0 Å². The predicted molar refractivity (Wildman–Crippen MR) is 72.0 cm³/mol. The van der Waals surface area contributed by atoms with Gasteiger partial charge in [0, 0.05) is 6.04 Å². The number of nitrogens with one attached hydrogen (secondary N) is 2. The topological polar surface area (TPSA) is 41.1 Å². The highest BCUT2D eigenvalue weighted by molar-refractivity contribution is 5.78. The van der Waals surface area contributed by atoms with Crippen LogP contribution in [0.2, 0.25) is 0 Å². The van der Waals surface area contributed by atoms with Crippen LogP contribution in [-0.4, -0.2) is 25.0 Å². The van der Waals surface area contributed by atoms with Crippen molar-refractivity contribution in [3.63, 3.8) is 0 Å². The second kappa shape index (κ2) is 7.00. The fourth-order valence-corrected chi connectivity index (χ4v) is 2.19. The van der Waals surface area contributed by atoms with Crippen LogP contribution in [0.15, 0.2) is 0 Å². The van der Waals surface area contributed by atoms with E-state index in [-0.39, 0.29) is 5.91 Å². The Balaban J connectivity index is 2.04. The van der Waals surface area contributed by atoms with Crippen LogP contribution in [0, 0.1) is 5.41 Å².